The van der Waals surface area contributed by atoms with Gasteiger partial charge in [0.25, 0.3) is 0 Å². The smallest absolute Gasteiger partial charge is 0.305 e. The summed E-state index contributed by atoms with van der Waals surface area (Å²) in [5, 5.41) is 48.3. The number of benzene rings is 1. The van der Waals surface area contributed by atoms with E-state index in [2.05, 4.69) is 73.4 Å². The van der Waals surface area contributed by atoms with Gasteiger partial charge in [-0.25, -0.2) is 4.98 Å². The lowest BCUT2D eigenvalue weighted by Gasteiger charge is -2.30. The van der Waals surface area contributed by atoms with Crippen LogP contribution in [0.3, 0.4) is 0 Å². The second-order valence-corrected chi connectivity index (χ2v) is 27.0. The number of hydrogen-bond donors (Lipinski definition) is 17. The molecule has 34 heteroatoms. The normalized spacial score (nSPS) is 23.0. The Morgan fingerprint density at radius 3 is 1.87 bits per heavy atom. The minimum absolute atomic E-state index is 0.00158. The van der Waals surface area contributed by atoms with Crippen LogP contribution in [0.2, 0.25) is 0 Å². The van der Waals surface area contributed by atoms with Gasteiger partial charge in [-0.3, -0.25) is 72.1 Å². The summed E-state index contributed by atoms with van der Waals surface area (Å²) in [6, 6.07) is -7.46. The van der Waals surface area contributed by atoms with E-state index in [0.29, 0.717) is 16.3 Å². The van der Waals surface area contributed by atoms with Gasteiger partial charge < -0.3 is 90.9 Å². The van der Waals surface area contributed by atoms with Crippen molar-refractivity contribution in [3.8, 4) is 0 Å². The maximum atomic E-state index is 14.9. The second kappa shape index (κ2) is 41.4. The van der Waals surface area contributed by atoms with Crippen LogP contribution >= 0.6 is 11.8 Å². The topological polar surface area (TPSA) is 531 Å². The average molecular weight is 1410 g/mol. The highest BCUT2D eigenvalue weighted by atomic mass is 32.2. The van der Waals surface area contributed by atoms with Crippen LogP contribution in [0.4, 0.5) is 0 Å². The van der Waals surface area contributed by atoms with Crippen LogP contribution in [-0.2, 0) is 80.0 Å². The molecule has 12 amide bonds. The van der Waals surface area contributed by atoms with Crippen molar-refractivity contribution in [2.24, 2.45) is 45.9 Å². The molecule has 2 aromatic rings. The maximum Gasteiger partial charge on any atom is 0.305 e. The monoisotopic (exact) mass is 1410 g/mol. The second-order valence-electron chi connectivity index (χ2n) is 25.8. The molecule has 99 heavy (non-hydrogen) atoms. The van der Waals surface area contributed by atoms with Gasteiger partial charge in [0.15, 0.2) is 0 Å². The first kappa shape index (κ1) is 82.4. The van der Waals surface area contributed by atoms with Gasteiger partial charge in [0.05, 0.1) is 36.8 Å². The van der Waals surface area contributed by atoms with Gasteiger partial charge in [-0.2, -0.15) is 0 Å². The summed E-state index contributed by atoms with van der Waals surface area (Å²) in [7, 11) is 0. The third-order valence-electron chi connectivity index (χ3n) is 16.9. The molecule has 0 bridgehead atoms. The van der Waals surface area contributed by atoms with E-state index in [4.69, 9.17) is 17.2 Å². The Balaban J connectivity index is 1.77. The van der Waals surface area contributed by atoms with Gasteiger partial charge in [0.2, 0.25) is 70.9 Å². The number of aromatic amines is 1. The zero-order valence-corrected chi connectivity index (χ0v) is 58.3. The molecule has 548 valence electrons. The summed E-state index contributed by atoms with van der Waals surface area (Å²) >= 11 is 1.19. The highest BCUT2D eigenvalue weighted by Crippen LogP contribution is 2.26. The number of H-pyrrole nitrogens is 1. The number of rotatable bonds is 30. The van der Waals surface area contributed by atoms with Crippen LogP contribution < -0.4 is 75.7 Å². The molecule has 20 N–H and O–H groups in total. The molecule has 1 aromatic carbocycles. The first-order valence-corrected chi connectivity index (χ1v) is 34.4. The number of carbonyl (C=O) groups excluding carboxylic acids is 12. The summed E-state index contributed by atoms with van der Waals surface area (Å²) in [6.45, 7) is 14.1. The molecule has 1 aromatic heterocycles. The zero-order chi connectivity index (χ0) is 73.6. The van der Waals surface area contributed by atoms with Gasteiger partial charge in [-0.15, -0.1) is 0 Å². The molecule has 4 rings (SSSR count). The van der Waals surface area contributed by atoms with Crippen molar-refractivity contribution in [1.29, 1.82) is 0 Å². The molecule has 0 spiro atoms. The minimum atomic E-state index is -1.94. The number of nitrogens with one attached hydrogen (secondary N) is 12. The molecule has 2 aliphatic heterocycles. The SMILES string of the molecule is CC[C@@H](C)[C@@H]1NC(=O)[C@@H](CCCN)NC(=O)[C@@H](NC(=O)[C@@H](NC(=O)[C@@H](CCC(=O)O)NC(=O)[C@H](CC(C)C)NC(=O)[C@@H]2CN=C([C@@H](N)C(C)C)S2)[C@H](C)CC)CCCCNC(=O)[C@H](CC(N)=O)NC(=O)[C@@H](CC(=O)O)NC(=O)[C@H](Cc2cnc[nH]2)NC(=O)[C@H](Cc2ccccc2)NC1=O. The summed E-state index contributed by atoms with van der Waals surface area (Å²) in [5.74, 6) is -15.7. The lowest BCUT2D eigenvalue weighted by Crippen LogP contribution is -2.62. The number of imidazole rings is 1. The lowest BCUT2D eigenvalue weighted by atomic mass is 9.96. The molecule has 0 saturated carbocycles. The number of aromatic nitrogens is 2. The third-order valence-corrected chi connectivity index (χ3v) is 18.2. The molecule has 0 radical (unpaired) electrons. The Hall–Kier alpha value is -9.05. The van der Waals surface area contributed by atoms with Crippen LogP contribution in [0.1, 0.15) is 144 Å². The standard InChI is InChI=1S/C65H101N17O16S/c1-9-35(7)52(82-57(91)41(21-22-49(84)85)74-58(92)42(25-33(3)4)79-62(96)47-31-71-65(99-47)51(68)34(5)6)63(97)75-39-19-14-15-24-70-54(88)45(28-48(67)83)77-61(95)46(29-50(86)87)78-60(94)44(27-38-30-69-32-72-38)76-59(93)43(26-37-17-12-11-13-18-37)80-64(98)53(36(8)10-2)81-56(90)40(20-16-23-66)73-55(39)89/h11-13,17-18,30,32-36,39-47,51-53H,9-10,14-16,19-29,31,66,68H2,1-8H3,(H2,67,83)(H,69,72)(H,70,88)(H,73,89)(H,74,92)(H,75,97)(H,76,93)(H,77,95)(H,78,94)(H,79,96)(H,80,98)(H,81,90)(H,82,91)(H,84,85)(H,86,87)/t35-,36-,39+,40-,41-,42+,43+,44+,45+,46-,47+,51+,52+,53+/m1/s1. The fraction of sp³-hybridized carbons (Fsp3) is 0.631. The van der Waals surface area contributed by atoms with Crippen LogP contribution in [0.5, 0.6) is 0 Å². The largest absolute Gasteiger partial charge is 0.481 e. The van der Waals surface area contributed by atoms with Gasteiger partial charge >= 0.3 is 11.9 Å². The predicted molar refractivity (Wildman–Crippen MR) is 365 cm³/mol. The van der Waals surface area contributed by atoms with Crippen LogP contribution in [-0.4, -0.2) is 199 Å². The average Bonchev–Trinajstić information content (AvgIpc) is 1.83. The van der Waals surface area contributed by atoms with Crippen molar-refractivity contribution in [3.63, 3.8) is 0 Å². The quantitative estimate of drug-likeness (QED) is 0.0400. The van der Waals surface area contributed by atoms with Crippen molar-refractivity contribution in [1.82, 2.24) is 68.5 Å². The highest BCUT2D eigenvalue weighted by molar-refractivity contribution is 8.15. The van der Waals surface area contributed by atoms with Gasteiger partial charge in [0.1, 0.15) is 65.7 Å². The first-order chi connectivity index (χ1) is 46.8. The molecule has 1 saturated heterocycles. The maximum absolute atomic E-state index is 14.9. The number of aliphatic carboxylic acids is 2. The lowest BCUT2D eigenvalue weighted by molar-refractivity contribution is -0.142. The molecular formula is C65H101N17O16S. The number of carboxylic acid groups (broad SMARTS) is 2. The van der Waals surface area contributed by atoms with Crippen molar-refractivity contribution >= 4 is 99.6 Å². The van der Waals surface area contributed by atoms with E-state index in [1.165, 1.54) is 24.3 Å². The number of carboxylic acids is 2. The highest BCUT2D eigenvalue weighted by Gasteiger charge is 2.40. The van der Waals surface area contributed by atoms with Crippen LogP contribution in [0.25, 0.3) is 0 Å². The molecule has 0 aliphatic carbocycles. The number of carbonyl (C=O) groups is 14. The zero-order valence-electron chi connectivity index (χ0n) is 57.4. The first-order valence-electron chi connectivity index (χ1n) is 33.6. The Labute approximate surface area is 579 Å². The number of primary amides is 1. The Bertz CT molecular complexity index is 3140. The van der Waals surface area contributed by atoms with E-state index >= 15 is 0 Å². The van der Waals surface area contributed by atoms with Crippen LogP contribution in [0.15, 0.2) is 47.8 Å². The van der Waals surface area contributed by atoms with Crippen molar-refractivity contribution in [2.75, 3.05) is 19.6 Å². The van der Waals surface area contributed by atoms with E-state index in [0.717, 1.165) is 0 Å². The number of nitrogens with two attached hydrogens (primary N) is 3. The molecule has 1 fully saturated rings. The fourth-order valence-corrected chi connectivity index (χ4v) is 11.8. The number of hydrogen-bond acceptors (Lipinski definition) is 19. The van der Waals surface area contributed by atoms with E-state index in [1.807, 2.05) is 27.7 Å². The van der Waals surface area contributed by atoms with E-state index in [1.54, 1.807) is 58.0 Å². The van der Waals surface area contributed by atoms with Gasteiger partial charge in [0, 0.05) is 37.7 Å². The molecule has 0 unspecified atom stereocenters. The molecule has 2 aliphatic rings. The van der Waals surface area contributed by atoms with Crippen molar-refractivity contribution in [2.45, 2.75) is 217 Å². The number of amides is 12. The molecule has 3 heterocycles. The third kappa shape index (κ3) is 27.7. The van der Waals surface area contributed by atoms with Crippen molar-refractivity contribution in [3.05, 3.63) is 54.1 Å². The van der Waals surface area contributed by atoms with Gasteiger partial charge in [-0.1, -0.05) is 110 Å². The Morgan fingerprint density at radius 2 is 1.28 bits per heavy atom. The summed E-state index contributed by atoms with van der Waals surface area (Å²) in [4.78, 5) is 206. The Morgan fingerprint density at radius 1 is 0.677 bits per heavy atom. The molecular weight excluding hydrogens is 1310 g/mol. The van der Waals surface area contributed by atoms with E-state index in [-0.39, 0.29) is 95.7 Å². The fourth-order valence-electron chi connectivity index (χ4n) is 10.6. The molecule has 33 nitrogen and oxygen atoms in total. The summed E-state index contributed by atoms with van der Waals surface area (Å²) in [5.41, 5.74) is 18.6. The summed E-state index contributed by atoms with van der Waals surface area (Å²) in [6.07, 6.45) is -0.396. The van der Waals surface area contributed by atoms with Gasteiger partial charge in [-0.05, 0) is 80.7 Å². The number of nitrogens with zero attached hydrogens (tertiary/aromatic N) is 2. The predicted octanol–water partition coefficient (Wildman–Crippen LogP) is -2.07. The molecule has 14 atom stereocenters. The number of thioether (sulfide) groups is 1. The number of aliphatic imine (C=N–C) groups is 1. The Kier molecular flexibility index (Phi) is 34.4. The van der Waals surface area contributed by atoms with E-state index < -0.39 is 192 Å². The van der Waals surface area contributed by atoms with E-state index in [9.17, 15) is 77.3 Å². The van der Waals surface area contributed by atoms with Crippen molar-refractivity contribution < 1.29 is 77.3 Å². The van der Waals surface area contributed by atoms with Crippen LogP contribution in [0, 0.1) is 23.7 Å². The summed E-state index contributed by atoms with van der Waals surface area (Å²) < 4.78 is 0. The minimum Gasteiger partial charge on any atom is -0.481 e.